The van der Waals surface area contributed by atoms with E-state index < -0.39 is 17.2 Å². The Kier molecular flexibility index (Phi) is 4.01. The molecule has 1 aromatic heterocycles. The average molecular weight is 227 g/mol. The minimum Gasteiger partial charge on any atom is -0.394 e. The lowest BCUT2D eigenvalue weighted by Gasteiger charge is -2.11. The Bertz CT molecular complexity index is 476. The molecule has 0 aliphatic carbocycles. The summed E-state index contributed by atoms with van der Waals surface area (Å²) in [4.78, 5) is 35.3. The highest BCUT2D eigenvalue weighted by Gasteiger charge is 2.07. The highest BCUT2D eigenvalue weighted by Crippen LogP contribution is 1.82. The number of aromatic amines is 1. The van der Waals surface area contributed by atoms with Gasteiger partial charge < -0.3 is 10.4 Å². The van der Waals surface area contributed by atoms with Crippen molar-refractivity contribution in [3.05, 3.63) is 33.1 Å². The Morgan fingerprint density at radius 3 is 2.88 bits per heavy atom. The molecule has 16 heavy (non-hydrogen) atoms. The SMILES string of the molecule is C[C@@H](CO)NC(=O)Cn1ccc(=O)[nH]c1=O. The molecule has 0 radical (unpaired) electrons. The summed E-state index contributed by atoms with van der Waals surface area (Å²) in [5.74, 6) is -0.407. The fourth-order valence-electron chi connectivity index (χ4n) is 1.09. The van der Waals surface area contributed by atoms with E-state index in [4.69, 9.17) is 5.11 Å². The van der Waals surface area contributed by atoms with E-state index in [1.807, 2.05) is 4.98 Å². The molecule has 1 amide bonds. The Labute approximate surface area is 90.7 Å². The summed E-state index contributed by atoms with van der Waals surface area (Å²) in [7, 11) is 0. The topological polar surface area (TPSA) is 104 Å². The molecule has 0 aromatic carbocycles. The van der Waals surface area contributed by atoms with Gasteiger partial charge in [-0.25, -0.2) is 4.79 Å². The van der Waals surface area contributed by atoms with Gasteiger partial charge in [0.1, 0.15) is 6.54 Å². The molecule has 0 aliphatic rings. The van der Waals surface area contributed by atoms with Crippen molar-refractivity contribution >= 4 is 5.91 Å². The van der Waals surface area contributed by atoms with Gasteiger partial charge in [0, 0.05) is 18.3 Å². The molecular formula is C9H13N3O4. The summed E-state index contributed by atoms with van der Waals surface area (Å²) >= 11 is 0. The number of rotatable bonds is 4. The van der Waals surface area contributed by atoms with E-state index in [0.29, 0.717) is 0 Å². The van der Waals surface area contributed by atoms with Gasteiger partial charge in [-0.05, 0) is 6.92 Å². The highest BCUT2D eigenvalue weighted by atomic mass is 16.3. The van der Waals surface area contributed by atoms with Crippen LogP contribution >= 0.6 is 0 Å². The molecule has 0 bridgehead atoms. The van der Waals surface area contributed by atoms with Crippen molar-refractivity contribution in [1.82, 2.24) is 14.9 Å². The van der Waals surface area contributed by atoms with Crippen LogP contribution in [0.15, 0.2) is 21.9 Å². The summed E-state index contributed by atoms with van der Waals surface area (Å²) in [6.45, 7) is 1.26. The van der Waals surface area contributed by atoms with E-state index >= 15 is 0 Å². The van der Waals surface area contributed by atoms with Crippen LogP contribution in [0.3, 0.4) is 0 Å². The van der Waals surface area contributed by atoms with E-state index in [-0.39, 0.29) is 19.2 Å². The molecule has 1 heterocycles. The third kappa shape index (κ3) is 3.35. The number of aromatic nitrogens is 2. The lowest BCUT2D eigenvalue weighted by atomic mass is 10.3. The van der Waals surface area contributed by atoms with Gasteiger partial charge in [-0.3, -0.25) is 19.1 Å². The molecule has 0 saturated carbocycles. The second-order valence-electron chi connectivity index (χ2n) is 3.39. The van der Waals surface area contributed by atoms with Crippen LogP contribution in [0, 0.1) is 0 Å². The minimum atomic E-state index is -0.640. The van der Waals surface area contributed by atoms with Crippen LogP contribution in [0.4, 0.5) is 0 Å². The van der Waals surface area contributed by atoms with Crippen molar-refractivity contribution in [3.8, 4) is 0 Å². The van der Waals surface area contributed by atoms with Crippen LogP contribution in [0.2, 0.25) is 0 Å². The van der Waals surface area contributed by atoms with Gasteiger partial charge in [0.15, 0.2) is 0 Å². The van der Waals surface area contributed by atoms with Crippen LogP contribution < -0.4 is 16.6 Å². The average Bonchev–Trinajstić information content (AvgIpc) is 2.22. The predicted molar refractivity (Wildman–Crippen MR) is 56.0 cm³/mol. The van der Waals surface area contributed by atoms with E-state index in [1.165, 1.54) is 6.20 Å². The number of nitrogens with zero attached hydrogens (tertiary/aromatic N) is 1. The van der Waals surface area contributed by atoms with Gasteiger partial charge in [0.05, 0.1) is 6.61 Å². The molecule has 0 fully saturated rings. The summed E-state index contributed by atoms with van der Waals surface area (Å²) in [6, 6.07) is 0.787. The van der Waals surface area contributed by atoms with Crippen molar-refractivity contribution in [2.75, 3.05) is 6.61 Å². The van der Waals surface area contributed by atoms with Crippen molar-refractivity contribution < 1.29 is 9.90 Å². The van der Waals surface area contributed by atoms with E-state index in [0.717, 1.165) is 10.6 Å². The summed E-state index contributed by atoms with van der Waals surface area (Å²) in [5, 5.41) is 11.2. The molecule has 3 N–H and O–H groups in total. The second kappa shape index (κ2) is 5.26. The number of hydrogen-bond donors (Lipinski definition) is 3. The van der Waals surface area contributed by atoms with Gasteiger partial charge in [-0.1, -0.05) is 0 Å². The van der Waals surface area contributed by atoms with Gasteiger partial charge in [-0.15, -0.1) is 0 Å². The zero-order valence-corrected chi connectivity index (χ0v) is 8.77. The standard InChI is InChI=1S/C9H13N3O4/c1-6(5-13)10-8(15)4-12-3-2-7(14)11-9(12)16/h2-3,6,13H,4-5H2,1H3,(H,10,15)(H,11,14,16)/t6-/m0/s1. The van der Waals surface area contributed by atoms with Crippen LogP contribution in [0.5, 0.6) is 0 Å². The largest absolute Gasteiger partial charge is 0.394 e. The minimum absolute atomic E-state index is 0.174. The molecule has 88 valence electrons. The molecule has 0 saturated heterocycles. The molecule has 1 atom stereocenters. The Morgan fingerprint density at radius 1 is 1.62 bits per heavy atom. The lowest BCUT2D eigenvalue weighted by molar-refractivity contribution is -0.122. The zero-order chi connectivity index (χ0) is 12.1. The quantitative estimate of drug-likeness (QED) is 0.555. The Balaban J connectivity index is 2.70. The molecule has 0 spiro atoms. The van der Waals surface area contributed by atoms with Crippen molar-refractivity contribution in [2.24, 2.45) is 0 Å². The fourth-order valence-corrected chi connectivity index (χ4v) is 1.09. The maximum Gasteiger partial charge on any atom is 0.328 e. The van der Waals surface area contributed by atoms with Gasteiger partial charge in [0.25, 0.3) is 5.56 Å². The fraction of sp³-hybridized carbons (Fsp3) is 0.444. The molecule has 0 aliphatic heterocycles. The highest BCUT2D eigenvalue weighted by molar-refractivity contribution is 5.75. The Morgan fingerprint density at radius 2 is 2.31 bits per heavy atom. The molecule has 0 unspecified atom stereocenters. The van der Waals surface area contributed by atoms with Crippen molar-refractivity contribution in [1.29, 1.82) is 0 Å². The number of H-pyrrole nitrogens is 1. The first-order chi connectivity index (χ1) is 7.52. The maximum atomic E-state index is 11.3. The van der Waals surface area contributed by atoms with Crippen LogP contribution in [0.25, 0.3) is 0 Å². The molecule has 1 aromatic rings. The Hall–Kier alpha value is -1.89. The summed E-state index contributed by atoms with van der Waals surface area (Å²) in [6.07, 6.45) is 1.24. The predicted octanol–water partition coefficient (Wildman–Crippen LogP) is -1.97. The molecule has 7 heteroatoms. The first kappa shape index (κ1) is 12.2. The third-order valence-electron chi connectivity index (χ3n) is 1.89. The van der Waals surface area contributed by atoms with Crippen LogP contribution in [0.1, 0.15) is 6.92 Å². The number of carbonyl (C=O) groups excluding carboxylic acids is 1. The molecule has 7 nitrogen and oxygen atoms in total. The number of carbonyl (C=O) groups is 1. The number of amides is 1. The number of aliphatic hydroxyl groups is 1. The van der Waals surface area contributed by atoms with Crippen LogP contribution in [-0.2, 0) is 11.3 Å². The second-order valence-corrected chi connectivity index (χ2v) is 3.39. The van der Waals surface area contributed by atoms with Crippen molar-refractivity contribution in [2.45, 2.75) is 19.5 Å². The van der Waals surface area contributed by atoms with Crippen LogP contribution in [-0.4, -0.2) is 33.2 Å². The van der Waals surface area contributed by atoms with Gasteiger partial charge in [0.2, 0.25) is 5.91 Å². The first-order valence-corrected chi connectivity index (χ1v) is 4.73. The van der Waals surface area contributed by atoms with Crippen molar-refractivity contribution in [3.63, 3.8) is 0 Å². The molecule has 1 rings (SSSR count). The van der Waals surface area contributed by atoms with E-state index in [1.54, 1.807) is 6.92 Å². The lowest BCUT2D eigenvalue weighted by Crippen LogP contribution is -2.40. The monoisotopic (exact) mass is 227 g/mol. The summed E-state index contributed by atoms with van der Waals surface area (Å²) < 4.78 is 1.07. The number of hydrogen-bond acceptors (Lipinski definition) is 4. The van der Waals surface area contributed by atoms with Gasteiger partial charge in [-0.2, -0.15) is 0 Å². The zero-order valence-electron chi connectivity index (χ0n) is 8.77. The van der Waals surface area contributed by atoms with Gasteiger partial charge >= 0.3 is 5.69 Å². The van der Waals surface area contributed by atoms with E-state index in [2.05, 4.69) is 5.32 Å². The normalized spacial score (nSPS) is 12.1. The summed E-state index contributed by atoms with van der Waals surface area (Å²) in [5.41, 5.74) is -1.15. The maximum absolute atomic E-state index is 11.3. The molecular weight excluding hydrogens is 214 g/mol. The van der Waals surface area contributed by atoms with E-state index in [9.17, 15) is 14.4 Å². The third-order valence-corrected chi connectivity index (χ3v) is 1.89. The number of nitrogens with one attached hydrogen (secondary N) is 2. The smallest absolute Gasteiger partial charge is 0.328 e. The number of aliphatic hydroxyl groups excluding tert-OH is 1. The first-order valence-electron chi connectivity index (χ1n) is 4.73.